The Kier molecular flexibility index (Phi) is 4.96. The van der Waals surface area contributed by atoms with Crippen LogP contribution in [0.25, 0.3) is 5.73 Å². The van der Waals surface area contributed by atoms with Crippen LogP contribution in [0.3, 0.4) is 0 Å². The van der Waals surface area contributed by atoms with Crippen molar-refractivity contribution in [3.05, 3.63) is 11.9 Å². The smallest absolute Gasteiger partial charge is 0.281 e. The Hall–Kier alpha value is -1.10. The van der Waals surface area contributed by atoms with E-state index in [1.54, 1.807) is 0 Å². The van der Waals surface area contributed by atoms with Crippen LogP contribution in [0.1, 0.15) is 0 Å². The van der Waals surface area contributed by atoms with Crippen LogP contribution in [0.15, 0.2) is 10.7 Å². The monoisotopic (exact) mass is 312 g/mol. The molecule has 0 unspecified atom stereocenters. The lowest BCUT2D eigenvalue weighted by molar-refractivity contribution is -0.759. The molecule has 0 amide bonds. The number of hydrogen-bond acceptors (Lipinski definition) is 5. The molecule has 0 spiro atoms. The van der Waals surface area contributed by atoms with Gasteiger partial charge in [0.05, 0.1) is 17.9 Å². The molecule has 0 atom stereocenters. The summed E-state index contributed by atoms with van der Waals surface area (Å²) in [6, 6.07) is 0. The van der Waals surface area contributed by atoms with Gasteiger partial charge in [0, 0.05) is 27.2 Å². The predicted octanol–water partition coefficient (Wildman–Crippen LogP) is -0.872. The van der Waals surface area contributed by atoms with Crippen molar-refractivity contribution in [3.63, 3.8) is 0 Å². The zero-order valence-electron chi connectivity index (χ0n) is 10.7. The van der Waals surface area contributed by atoms with Gasteiger partial charge in [-0.05, 0) is 0 Å². The van der Waals surface area contributed by atoms with E-state index in [4.69, 9.17) is 5.73 Å². The third-order valence-electron chi connectivity index (χ3n) is 2.75. The third-order valence-corrected chi connectivity index (χ3v) is 4.69. The molecule has 1 fully saturated rings. The van der Waals surface area contributed by atoms with Gasteiger partial charge in [0.15, 0.2) is 0 Å². The third kappa shape index (κ3) is 3.26. The number of piperazine rings is 1. The Morgan fingerprint density at radius 1 is 1.37 bits per heavy atom. The number of nitrogens with one attached hydrogen (secondary N) is 1. The van der Waals surface area contributed by atoms with E-state index in [1.165, 1.54) is 33.7 Å². The number of nitrogens with zero attached hydrogens (tertiary/aromatic N) is 5. The van der Waals surface area contributed by atoms with Crippen molar-refractivity contribution in [3.8, 4) is 0 Å². The van der Waals surface area contributed by atoms with Gasteiger partial charge < -0.3 is 10.3 Å². The standard InChI is InChI=1S/C8H16N6O3S.ClH/c1-11(2)18(15,16)13-5-3-12(4-6-13)14-7-8(9)17-10-14;/h7,9H,3-6H2,1-2H3;1H. The van der Waals surface area contributed by atoms with E-state index in [-0.39, 0.29) is 18.3 Å². The average Bonchev–Trinajstić information content (AvgIpc) is 2.76. The van der Waals surface area contributed by atoms with E-state index in [9.17, 15) is 8.42 Å². The first-order valence-electron chi connectivity index (χ1n) is 5.44. The first kappa shape index (κ1) is 16.0. The van der Waals surface area contributed by atoms with Crippen molar-refractivity contribution >= 4 is 28.5 Å². The maximum absolute atomic E-state index is 11.9. The second-order valence-corrected chi connectivity index (χ2v) is 6.27. The Bertz CT molecular complexity index is 510. The summed E-state index contributed by atoms with van der Waals surface area (Å²) in [6.07, 6.45) is 1.44. The Labute approximate surface area is 118 Å². The van der Waals surface area contributed by atoms with E-state index < -0.39 is 10.2 Å². The lowest BCUT2D eigenvalue weighted by atomic mass is 10.4. The van der Waals surface area contributed by atoms with E-state index >= 15 is 0 Å². The highest BCUT2D eigenvalue weighted by molar-refractivity contribution is 7.86. The molecule has 0 radical (unpaired) electrons. The highest BCUT2D eigenvalue weighted by Gasteiger charge is 2.32. The molecule has 0 saturated carbocycles. The summed E-state index contributed by atoms with van der Waals surface area (Å²) in [5.74, 6) is -0.0293. The quantitative estimate of drug-likeness (QED) is 0.676. The van der Waals surface area contributed by atoms with Crippen molar-refractivity contribution in [2.75, 3.05) is 45.3 Å². The average molecular weight is 313 g/mol. The molecular weight excluding hydrogens is 296 g/mol. The second kappa shape index (κ2) is 5.90. The molecule has 0 aliphatic carbocycles. The summed E-state index contributed by atoms with van der Waals surface area (Å²) < 4.78 is 31.1. The summed E-state index contributed by atoms with van der Waals surface area (Å²) in [7, 11) is -0.322. The van der Waals surface area contributed by atoms with Crippen molar-refractivity contribution in [1.29, 1.82) is 0 Å². The highest BCUT2D eigenvalue weighted by Crippen LogP contribution is 2.08. The Balaban J connectivity index is 0.00000180. The predicted molar refractivity (Wildman–Crippen MR) is 70.1 cm³/mol. The van der Waals surface area contributed by atoms with Gasteiger partial charge in [0.1, 0.15) is 5.88 Å². The Morgan fingerprint density at radius 2 is 1.95 bits per heavy atom. The van der Waals surface area contributed by atoms with E-state index in [0.717, 1.165) is 0 Å². The summed E-state index contributed by atoms with van der Waals surface area (Å²) in [6.45, 7) is 1.77. The van der Waals surface area contributed by atoms with Crippen molar-refractivity contribution in [2.24, 2.45) is 0 Å². The molecule has 0 bridgehead atoms. The molecule has 1 aliphatic rings. The molecule has 1 aliphatic heterocycles. The topological polar surface area (TPSA) is 97.6 Å². The summed E-state index contributed by atoms with van der Waals surface area (Å²) in [5.41, 5.74) is 7.24. The van der Waals surface area contributed by atoms with Gasteiger partial charge in [0.25, 0.3) is 16.4 Å². The molecule has 1 aromatic heterocycles. The molecule has 11 heteroatoms. The van der Waals surface area contributed by atoms with Crippen LogP contribution in [0.4, 0.5) is 5.88 Å². The van der Waals surface area contributed by atoms with Gasteiger partial charge in [-0.25, -0.2) is 0 Å². The molecule has 0 aromatic carbocycles. The van der Waals surface area contributed by atoms with Gasteiger partial charge in [-0.3, -0.25) is 0 Å². The first-order chi connectivity index (χ1) is 8.41. The Morgan fingerprint density at radius 3 is 2.37 bits per heavy atom. The molecule has 1 aromatic rings. The van der Waals surface area contributed by atoms with Gasteiger partial charge in [-0.15, -0.1) is 12.4 Å². The maximum atomic E-state index is 11.9. The van der Waals surface area contributed by atoms with Gasteiger partial charge in [-0.1, -0.05) is 0 Å². The number of aromatic nitrogens is 2. The van der Waals surface area contributed by atoms with E-state index in [2.05, 4.69) is 9.79 Å². The van der Waals surface area contributed by atoms with Gasteiger partial charge >= 0.3 is 0 Å². The fourth-order valence-electron chi connectivity index (χ4n) is 1.72. The fraction of sp³-hybridized carbons (Fsp3) is 0.750. The normalized spacial score (nSPS) is 17.5. The number of rotatable bonds is 3. The molecule has 2 heterocycles. The summed E-state index contributed by atoms with van der Waals surface area (Å²) in [5, 5.41) is 5.49. The van der Waals surface area contributed by atoms with E-state index in [0.29, 0.717) is 26.2 Å². The molecule has 1 saturated heterocycles. The van der Waals surface area contributed by atoms with Crippen LogP contribution in [-0.2, 0) is 10.2 Å². The van der Waals surface area contributed by atoms with Crippen LogP contribution in [-0.4, -0.2) is 62.6 Å². The van der Waals surface area contributed by atoms with E-state index in [1.807, 2.05) is 5.01 Å². The van der Waals surface area contributed by atoms with Crippen molar-refractivity contribution < 1.29 is 17.7 Å². The molecular formula is C8H17ClN6O3S. The minimum Gasteiger partial charge on any atom is -0.660 e. The van der Waals surface area contributed by atoms with Crippen molar-refractivity contribution in [2.45, 2.75) is 0 Å². The minimum atomic E-state index is -3.35. The lowest BCUT2D eigenvalue weighted by Crippen LogP contribution is -2.66. The second-order valence-electron chi connectivity index (χ2n) is 4.13. The molecule has 9 nitrogen and oxygen atoms in total. The van der Waals surface area contributed by atoms with Crippen LogP contribution in [0, 0.1) is 0 Å². The van der Waals surface area contributed by atoms with Gasteiger partial charge in [-0.2, -0.15) is 22.0 Å². The van der Waals surface area contributed by atoms with Crippen LogP contribution in [0.5, 0.6) is 0 Å². The SMILES string of the molecule is CN(C)S(=O)(=O)N1CCN([n+]2cc([NH-])on2)CC1.Cl. The minimum absolute atomic E-state index is 0. The lowest BCUT2D eigenvalue weighted by Gasteiger charge is -2.31. The van der Waals surface area contributed by atoms with Crippen LogP contribution < -0.4 is 9.80 Å². The largest absolute Gasteiger partial charge is 0.660 e. The summed E-state index contributed by atoms with van der Waals surface area (Å²) in [4.78, 5) is 1.43. The zero-order chi connectivity index (χ0) is 13.3. The molecule has 19 heavy (non-hydrogen) atoms. The number of hydrogen-bond donors (Lipinski definition) is 0. The molecule has 110 valence electrons. The zero-order valence-corrected chi connectivity index (χ0v) is 12.3. The number of halogens is 1. The van der Waals surface area contributed by atoms with Crippen LogP contribution >= 0.6 is 12.4 Å². The fourth-order valence-corrected chi connectivity index (χ4v) is 2.80. The van der Waals surface area contributed by atoms with Crippen molar-refractivity contribution in [1.82, 2.24) is 13.9 Å². The molecule has 1 N–H and O–H groups in total. The first-order valence-corrected chi connectivity index (χ1v) is 6.84. The highest BCUT2D eigenvalue weighted by atomic mass is 35.5. The van der Waals surface area contributed by atoms with Crippen LogP contribution in [0.2, 0.25) is 0 Å². The maximum Gasteiger partial charge on any atom is 0.281 e. The molecule has 2 rings (SSSR count). The van der Waals surface area contributed by atoms with Gasteiger partial charge in [0.2, 0.25) is 5.27 Å². The summed E-state index contributed by atoms with van der Waals surface area (Å²) >= 11 is 0.